The lowest BCUT2D eigenvalue weighted by Crippen LogP contribution is -2.38. The third kappa shape index (κ3) is 4.06. The second-order valence-corrected chi connectivity index (χ2v) is 5.26. The number of benzene rings is 1. The van der Waals surface area contributed by atoms with Gasteiger partial charge in [0, 0.05) is 6.04 Å². The maximum absolute atomic E-state index is 12.4. The summed E-state index contributed by atoms with van der Waals surface area (Å²) in [5.41, 5.74) is 1.12. The Morgan fingerprint density at radius 1 is 1.32 bits per heavy atom. The number of rotatable bonds is 4. The largest absolute Gasteiger partial charge is 0.353 e. The Morgan fingerprint density at radius 3 is 2.84 bits per heavy atom. The first-order valence-corrected chi connectivity index (χ1v) is 7.37. The summed E-state index contributed by atoms with van der Waals surface area (Å²) in [6.45, 7) is 4.15. The van der Waals surface area contributed by atoms with E-state index in [1.54, 1.807) is 0 Å². The molecule has 0 aromatic heterocycles. The molecule has 1 amide bonds. The Labute approximate surface area is 115 Å². The van der Waals surface area contributed by atoms with Gasteiger partial charge in [0.1, 0.15) is 0 Å². The van der Waals surface area contributed by atoms with Crippen LogP contribution in [0.25, 0.3) is 0 Å². The summed E-state index contributed by atoms with van der Waals surface area (Å²) in [5.74, 6) is 0.165. The molecule has 104 valence electrons. The van der Waals surface area contributed by atoms with Crippen LogP contribution in [0.2, 0.25) is 0 Å². The molecular weight excluding hydrogens is 236 g/mol. The van der Waals surface area contributed by atoms with Crippen LogP contribution in [0.15, 0.2) is 30.3 Å². The molecule has 3 heteroatoms. The van der Waals surface area contributed by atoms with Gasteiger partial charge < -0.3 is 10.6 Å². The Morgan fingerprint density at radius 2 is 2.11 bits per heavy atom. The molecule has 1 heterocycles. The minimum absolute atomic E-state index is 0.0163. The fraction of sp³-hybridized carbons (Fsp3) is 0.562. The molecule has 19 heavy (non-hydrogen) atoms. The van der Waals surface area contributed by atoms with Gasteiger partial charge >= 0.3 is 0 Å². The Hall–Kier alpha value is -1.35. The standard InChI is InChI=1S/C16H24N2O/c1-2-15(13-7-4-3-5-8-13)16(19)18-14-9-6-11-17-12-10-14/h3-5,7-8,14-15,17H,2,6,9-12H2,1H3,(H,18,19). The molecule has 0 aliphatic carbocycles. The van der Waals surface area contributed by atoms with Crippen LogP contribution in [0.1, 0.15) is 44.1 Å². The summed E-state index contributed by atoms with van der Waals surface area (Å²) in [5, 5.41) is 6.60. The van der Waals surface area contributed by atoms with Crippen molar-refractivity contribution in [1.82, 2.24) is 10.6 Å². The lowest BCUT2D eigenvalue weighted by molar-refractivity contribution is -0.123. The molecule has 1 saturated heterocycles. The zero-order chi connectivity index (χ0) is 13.5. The third-order valence-corrected chi connectivity index (χ3v) is 3.85. The highest BCUT2D eigenvalue weighted by Crippen LogP contribution is 2.20. The number of nitrogens with one attached hydrogen (secondary N) is 2. The van der Waals surface area contributed by atoms with Crippen LogP contribution in [-0.4, -0.2) is 25.0 Å². The number of hydrogen-bond donors (Lipinski definition) is 2. The van der Waals surface area contributed by atoms with E-state index >= 15 is 0 Å². The second-order valence-electron chi connectivity index (χ2n) is 5.26. The van der Waals surface area contributed by atoms with Crippen molar-refractivity contribution >= 4 is 5.91 Å². The summed E-state index contributed by atoms with van der Waals surface area (Å²) >= 11 is 0. The van der Waals surface area contributed by atoms with E-state index in [-0.39, 0.29) is 11.8 Å². The first-order chi connectivity index (χ1) is 9.31. The average Bonchev–Trinajstić information content (AvgIpc) is 2.69. The van der Waals surface area contributed by atoms with Crippen molar-refractivity contribution in [3.05, 3.63) is 35.9 Å². The molecule has 2 unspecified atom stereocenters. The van der Waals surface area contributed by atoms with E-state index in [0.29, 0.717) is 6.04 Å². The Kier molecular flexibility index (Phi) is 5.40. The van der Waals surface area contributed by atoms with Gasteiger partial charge in [-0.1, -0.05) is 37.3 Å². The van der Waals surface area contributed by atoms with Crippen molar-refractivity contribution in [2.45, 2.75) is 44.6 Å². The first kappa shape index (κ1) is 14.1. The maximum atomic E-state index is 12.4. The van der Waals surface area contributed by atoms with Crippen LogP contribution in [0.4, 0.5) is 0 Å². The molecule has 2 rings (SSSR count). The van der Waals surface area contributed by atoms with E-state index < -0.39 is 0 Å². The number of amides is 1. The van der Waals surface area contributed by atoms with E-state index in [0.717, 1.165) is 44.3 Å². The lowest BCUT2D eigenvalue weighted by Gasteiger charge is -2.21. The number of hydrogen-bond acceptors (Lipinski definition) is 2. The number of carbonyl (C=O) groups is 1. The predicted molar refractivity (Wildman–Crippen MR) is 78.1 cm³/mol. The SMILES string of the molecule is CCC(C(=O)NC1CCCNCC1)c1ccccc1. The normalized spacial score (nSPS) is 21.4. The molecule has 1 aromatic carbocycles. The number of carbonyl (C=O) groups excluding carboxylic acids is 1. The molecule has 0 bridgehead atoms. The van der Waals surface area contributed by atoms with Gasteiger partial charge in [-0.2, -0.15) is 0 Å². The monoisotopic (exact) mass is 260 g/mol. The van der Waals surface area contributed by atoms with Crippen LogP contribution >= 0.6 is 0 Å². The fourth-order valence-corrected chi connectivity index (χ4v) is 2.72. The minimum atomic E-state index is -0.0163. The van der Waals surface area contributed by atoms with Crippen LogP contribution in [-0.2, 0) is 4.79 Å². The topological polar surface area (TPSA) is 41.1 Å². The smallest absolute Gasteiger partial charge is 0.227 e. The zero-order valence-electron chi connectivity index (χ0n) is 11.7. The van der Waals surface area contributed by atoms with Gasteiger partial charge in [0.15, 0.2) is 0 Å². The predicted octanol–water partition coefficient (Wildman–Crippen LogP) is 2.44. The third-order valence-electron chi connectivity index (χ3n) is 3.85. The lowest BCUT2D eigenvalue weighted by atomic mass is 9.95. The Balaban J connectivity index is 1.96. The molecule has 1 aliphatic rings. The van der Waals surface area contributed by atoms with E-state index in [1.165, 1.54) is 0 Å². The Bertz CT molecular complexity index is 383. The molecule has 0 radical (unpaired) electrons. The molecule has 2 atom stereocenters. The van der Waals surface area contributed by atoms with Crippen molar-refractivity contribution in [3.63, 3.8) is 0 Å². The van der Waals surface area contributed by atoms with Gasteiger partial charge in [0.05, 0.1) is 5.92 Å². The molecule has 1 fully saturated rings. The molecule has 2 N–H and O–H groups in total. The summed E-state index contributed by atoms with van der Waals surface area (Å²) in [7, 11) is 0. The fourth-order valence-electron chi connectivity index (χ4n) is 2.72. The summed E-state index contributed by atoms with van der Waals surface area (Å²) < 4.78 is 0. The summed E-state index contributed by atoms with van der Waals surface area (Å²) in [4.78, 5) is 12.4. The zero-order valence-corrected chi connectivity index (χ0v) is 11.7. The average molecular weight is 260 g/mol. The van der Waals surface area contributed by atoms with E-state index in [4.69, 9.17) is 0 Å². The van der Waals surface area contributed by atoms with Crippen molar-refractivity contribution < 1.29 is 4.79 Å². The first-order valence-electron chi connectivity index (χ1n) is 7.37. The second kappa shape index (κ2) is 7.29. The molecule has 0 saturated carbocycles. The summed E-state index contributed by atoms with van der Waals surface area (Å²) in [6.07, 6.45) is 4.12. The molecular formula is C16H24N2O. The highest BCUT2D eigenvalue weighted by Gasteiger charge is 2.21. The van der Waals surface area contributed by atoms with Gasteiger partial charge in [-0.05, 0) is 44.3 Å². The van der Waals surface area contributed by atoms with Crippen LogP contribution in [0.5, 0.6) is 0 Å². The van der Waals surface area contributed by atoms with Gasteiger partial charge in [-0.15, -0.1) is 0 Å². The minimum Gasteiger partial charge on any atom is -0.353 e. The van der Waals surface area contributed by atoms with Crippen molar-refractivity contribution in [3.8, 4) is 0 Å². The van der Waals surface area contributed by atoms with Gasteiger partial charge in [-0.25, -0.2) is 0 Å². The maximum Gasteiger partial charge on any atom is 0.227 e. The van der Waals surface area contributed by atoms with Crippen LogP contribution in [0.3, 0.4) is 0 Å². The highest BCUT2D eigenvalue weighted by molar-refractivity contribution is 5.83. The van der Waals surface area contributed by atoms with Crippen molar-refractivity contribution in [1.29, 1.82) is 0 Å². The van der Waals surface area contributed by atoms with Gasteiger partial charge in [0.25, 0.3) is 0 Å². The van der Waals surface area contributed by atoms with Gasteiger partial charge in [0.2, 0.25) is 5.91 Å². The van der Waals surface area contributed by atoms with Crippen LogP contribution in [0, 0.1) is 0 Å². The highest BCUT2D eigenvalue weighted by atomic mass is 16.1. The van der Waals surface area contributed by atoms with E-state index in [2.05, 4.69) is 17.6 Å². The van der Waals surface area contributed by atoms with Gasteiger partial charge in [-0.3, -0.25) is 4.79 Å². The molecule has 1 aromatic rings. The molecule has 0 spiro atoms. The molecule has 3 nitrogen and oxygen atoms in total. The summed E-state index contributed by atoms with van der Waals surface area (Å²) in [6, 6.07) is 10.4. The van der Waals surface area contributed by atoms with Crippen LogP contribution < -0.4 is 10.6 Å². The quantitative estimate of drug-likeness (QED) is 0.873. The molecule has 1 aliphatic heterocycles. The van der Waals surface area contributed by atoms with E-state index in [1.807, 2.05) is 30.3 Å². The van der Waals surface area contributed by atoms with Crippen molar-refractivity contribution in [2.24, 2.45) is 0 Å². The van der Waals surface area contributed by atoms with E-state index in [9.17, 15) is 4.79 Å². The van der Waals surface area contributed by atoms with Crippen molar-refractivity contribution in [2.75, 3.05) is 13.1 Å².